The zero-order valence-corrected chi connectivity index (χ0v) is 15.8. The Morgan fingerprint density at radius 3 is 2.68 bits per heavy atom. The Labute approximate surface area is 151 Å². The monoisotopic (exact) mass is 344 g/mol. The molecule has 0 bridgehead atoms. The molecule has 1 fully saturated rings. The summed E-state index contributed by atoms with van der Waals surface area (Å²) in [7, 11) is 1.83. The summed E-state index contributed by atoms with van der Waals surface area (Å²) in [5.74, 6) is 1.87. The van der Waals surface area contributed by atoms with Crippen LogP contribution in [-0.2, 0) is 6.42 Å². The first kappa shape index (κ1) is 18.1. The van der Waals surface area contributed by atoms with Crippen molar-refractivity contribution in [2.75, 3.05) is 33.2 Å². The normalized spacial score (nSPS) is 21.6. The molecule has 0 spiro atoms. The van der Waals surface area contributed by atoms with E-state index in [-0.39, 0.29) is 11.6 Å². The van der Waals surface area contributed by atoms with Crippen molar-refractivity contribution in [3.05, 3.63) is 29.8 Å². The lowest BCUT2D eigenvalue weighted by atomic mass is 9.98. The molecular formula is C20H32N4O. The summed E-state index contributed by atoms with van der Waals surface area (Å²) in [6.07, 6.45) is 5.13. The summed E-state index contributed by atoms with van der Waals surface area (Å²) in [5.41, 5.74) is 1.43. The van der Waals surface area contributed by atoms with Crippen LogP contribution in [0.2, 0.25) is 0 Å². The maximum absolute atomic E-state index is 5.99. The fraction of sp³-hybridized carbons (Fsp3) is 0.650. The Morgan fingerprint density at radius 1 is 1.20 bits per heavy atom. The number of likely N-dealkylation sites (tertiary alicyclic amines) is 1. The number of aliphatic imine (C=N–C) groups is 1. The Kier molecular flexibility index (Phi) is 5.84. The van der Waals surface area contributed by atoms with Crippen LogP contribution in [0, 0.1) is 0 Å². The minimum absolute atomic E-state index is 0.137. The van der Waals surface area contributed by atoms with Crippen molar-refractivity contribution < 1.29 is 4.74 Å². The van der Waals surface area contributed by atoms with Gasteiger partial charge in [0.15, 0.2) is 5.96 Å². The van der Waals surface area contributed by atoms with Gasteiger partial charge in [0.1, 0.15) is 11.9 Å². The highest BCUT2D eigenvalue weighted by Crippen LogP contribution is 2.27. The molecule has 138 valence electrons. The topological polar surface area (TPSA) is 48.9 Å². The van der Waals surface area contributed by atoms with E-state index in [0.717, 1.165) is 31.2 Å². The van der Waals surface area contributed by atoms with Crippen LogP contribution in [0.3, 0.4) is 0 Å². The molecule has 1 unspecified atom stereocenters. The Hall–Kier alpha value is -1.75. The van der Waals surface area contributed by atoms with E-state index < -0.39 is 0 Å². The largest absolute Gasteiger partial charge is 0.488 e. The summed E-state index contributed by atoms with van der Waals surface area (Å²) < 4.78 is 5.99. The molecule has 1 aromatic carbocycles. The number of nitrogens with one attached hydrogen (secondary N) is 2. The number of nitrogens with zero attached hydrogens (tertiary/aromatic N) is 2. The highest BCUT2D eigenvalue weighted by atomic mass is 16.5. The van der Waals surface area contributed by atoms with Crippen LogP contribution in [-0.4, -0.2) is 55.7 Å². The van der Waals surface area contributed by atoms with Gasteiger partial charge < -0.3 is 15.4 Å². The number of para-hydroxylation sites is 1. The van der Waals surface area contributed by atoms with E-state index in [9.17, 15) is 0 Å². The van der Waals surface area contributed by atoms with E-state index in [4.69, 9.17) is 4.74 Å². The van der Waals surface area contributed by atoms with Gasteiger partial charge in [-0.05, 0) is 51.4 Å². The number of rotatable bonds is 5. The fourth-order valence-corrected chi connectivity index (χ4v) is 3.71. The zero-order chi connectivity index (χ0) is 17.7. The van der Waals surface area contributed by atoms with Gasteiger partial charge in [-0.1, -0.05) is 24.6 Å². The Balaban J connectivity index is 1.44. The quantitative estimate of drug-likeness (QED) is 0.636. The third-order valence-corrected chi connectivity index (χ3v) is 5.34. The van der Waals surface area contributed by atoms with E-state index in [1.54, 1.807) is 0 Å². The number of piperidine rings is 1. The molecule has 1 aromatic rings. The van der Waals surface area contributed by atoms with Crippen molar-refractivity contribution in [1.29, 1.82) is 0 Å². The van der Waals surface area contributed by atoms with E-state index in [1.165, 1.54) is 37.9 Å². The second-order valence-electron chi connectivity index (χ2n) is 7.72. The van der Waals surface area contributed by atoms with Gasteiger partial charge in [-0.2, -0.15) is 0 Å². The van der Waals surface area contributed by atoms with Gasteiger partial charge in [0, 0.05) is 25.6 Å². The first-order chi connectivity index (χ1) is 12.1. The van der Waals surface area contributed by atoms with Gasteiger partial charge in [-0.25, -0.2) is 0 Å². The van der Waals surface area contributed by atoms with Crippen LogP contribution in [0.15, 0.2) is 29.3 Å². The highest BCUT2D eigenvalue weighted by molar-refractivity contribution is 5.79. The van der Waals surface area contributed by atoms with Crippen molar-refractivity contribution in [3.8, 4) is 5.75 Å². The first-order valence-electron chi connectivity index (χ1n) is 9.52. The minimum Gasteiger partial charge on any atom is -0.488 e. The molecule has 0 radical (unpaired) electrons. The lowest BCUT2D eigenvalue weighted by Crippen LogP contribution is -2.55. The van der Waals surface area contributed by atoms with Crippen LogP contribution in [0.25, 0.3) is 0 Å². The summed E-state index contributed by atoms with van der Waals surface area (Å²) in [6.45, 7) is 8.69. The standard InChI is InChI=1S/C20H32N4O/c1-20(2,24-11-7-4-8-12-24)15-23-19(21-3)22-14-17-13-16-9-5-6-10-18(16)25-17/h5-6,9-10,17H,4,7-8,11-15H2,1-3H3,(H2,21,22,23). The smallest absolute Gasteiger partial charge is 0.191 e. The van der Waals surface area contributed by atoms with Crippen molar-refractivity contribution in [1.82, 2.24) is 15.5 Å². The summed E-state index contributed by atoms with van der Waals surface area (Å²) in [6, 6.07) is 8.28. The molecule has 2 aliphatic heterocycles. The van der Waals surface area contributed by atoms with Gasteiger partial charge in [-0.15, -0.1) is 0 Å². The van der Waals surface area contributed by atoms with Crippen LogP contribution >= 0.6 is 0 Å². The summed E-state index contributed by atoms with van der Waals surface area (Å²) in [5, 5.41) is 6.91. The van der Waals surface area contributed by atoms with Gasteiger partial charge in [0.05, 0.1) is 6.54 Å². The lowest BCUT2D eigenvalue weighted by molar-refractivity contribution is 0.0982. The number of fused-ring (bicyclic) bond motifs is 1. The molecule has 5 heteroatoms. The first-order valence-corrected chi connectivity index (χ1v) is 9.52. The highest BCUT2D eigenvalue weighted by Gasteiger charge is 2.28. The lowest BCUT2D eigenvalue weighted by Gasteiger charge is -2.41. The molecule has 5 nitrogen and oxygen atoms in total. The van der Waals surface area contributed by atoms with Crippen LogP contribution in [0.5, 0.6) is 5.75 Å². The maximum Gasteiger partial charge on any atom is 0.191 e. The molecule has 0 amide bonds. The maximum atomic E-state index is 5.99. The minimum atomic E-state index is 0.137. The van der Waals surface area contributed by atoms with Crippen molar-refractivity contribution >= 4 is 5.96 Å². The predicted octanol–water partition coefficient (Wildman–Crippen LogP) is 2.42. The van der Waals surface area contributed by atoms with Crippen molar-refractivity contribution in [3.63, 3.8) is 0 Å². The van der Waals surface area contributed by atoms with Crippen LogP contribution < -0.4 is 15.4 Å². The Bertz CT molecular complexity index is 568. The molecule has 25 heavy (non-hydrogen) atoms. The average molecular weight is 345 g/mol. The number of hydrogen-bond donors (Lipinski definition) is 2. The van der Waals surface area contributed by atoms with E-state index >= 15 is 0 Å². The van der Waals surface area contributed by atoms with Gasteiger partial charge >= 0.3 is 0 Å². The fourth-order valence-electron chi connectivity index (χ4n) is 3.71. The molecule has 2 heterocycles. The Morgan fingerprint density at radius 2 is 1.96 bits per heavy atom. The number of benzene rings is 1. The molecular weight excluding hydrogens is 312 g/mol. The van der Waals surface area contributed by atoms with Crippen molar-refractivity contribution in [2.24, 2.45) is 4.99 Å². The molecule has 1 saturated heterocycles. The van der Waals surface area contributed by atoms with Gasteiger partial charge in [0.25, 0.3) is 0 Å². The molecule has 3 rings (SSSR count). The zero-order valence-electron chi connectivity index (χ0n) is 15.8. The average Bonchev–Trinajstić information content (AvgIpc) is 3.05. The summed E-state index contributed by atoms with van der Waals surface area (Å²) >= 11 is 0. The summed E-state index contributed by atoms with van der Waals surface area (Å²) in [4.78, 5) is 6.96. The number of hydrogen-bond acceptors (Lipinski definition) is 3. The number of ether oxygens (including phenoxy) is 1. The predicted molar refractivity (Wildman–Crippen MR) is 103 cm³/mol. The van der Waals surface area contributed by atoms with Gasteiger partial charge in [0.2, 0.25) is 0 Å². The van der Waals surface area contributed by atoms with Gasteiger partial charge in [-0.3, -0.25) is 9.89 Å². The molecule has 2 aliphatic rings. The molecule has 2 N–H and O–H groups in total. The van der Waals surface area contributed by atoms with Crippen LogP contribution in [0.4, 0.5) is 0 Å². The molecule has 0 aromatic heterocycles. The number of guanidine groups is 1. The second kappa shape index (κ2) is 8.09. The van der Waals surface area contributed by atoms with Crippen LogP contribution in [0.1, 0.15) is 38.7 Å². The third kappa shape index (κ3) is 4.66. The molecule has 0 aliphatic carbocycles. The SMILES string of the molecule is CN=C(NCC1Cc2ccccc2O1)NCC(C)(C)N1CCCCC1. The third-order valence-electron chi connectivity index (χ3n) is 5.34. The molecule has 0 saturated carbocycles. The van der Waals surface area contributed by atoms with E-state index in [2.05, 4.69) is 46.5 Å². The molecule has 1 atom stereocenters. The van der Waals surface area contributed by atoms with E-state index in [1.807, 2.05) is 19.2 Å². The van der Waals surface area contributed by atoms with Crippen molar-refractivity contribution in [2.45, 2.75) is 51.2 Å². The van der Waals surface area contributed by atoms with E-state index in [0.29, 0.717) is 0 Å². The second-order valence-corrected chi connectivity index (χ2v) is 7.72.